The highest BCUT2D eigenvalue weighted by atomic mass is 16.6. The van der Waals surface area contributed by atoms with Gasteiger partial charge in [0.15, 0.2) is 5.82 Å². The Labute approximate surface area is 154 Å². The first kappa shape index (κ1) is 17.9. The van der Waals surface area contributed by atoms with Gasteiger partial charge in [0.2, 0.25) is 11.9 Å². The third-order valence-electron chi connectivity index (χ3n) is 3.45. The molecule has 0 fully saturated rings. The average Bonchev–Trinajstić information content (AvgIpc) is 2.66. The molecule has 3 N–H and O–H groups in total. The van der Waals surface area contributed by atoms with Gasteiger partial charge in [0.1, 0.15) is 18.1 Å². The Morgan fingerprint density at radius 1 is 1.15 bits per heavy atom. The second-order valence-corrected chi connectivity index (χ2v) is 5.30. The van der Waals surface area contributed by atoms with Crippen LogP contribution < -0.4 is 20.5 Å². The molecule has 0 atom stereocenters. The van der Waals surface area contributed by atoms with Gasteiger partial charge in [0.25, 0.3) is 5.69 Å². The van der Waals surface area contributed by atoms with E-state index in [9.17, 15) is 10.1 Å². The van der Waals surface area contributed by atoms with Gasteiger partial charge in [-0.05, 0) is 18.2 Å². The molecule has 0 spiro atoms. The van der Waals surface area contributed by atoms with Crippen LogP contribution >= 0.6 is 0 Å². The van der Waals surface area contributed by atoms with Crippen molar-refractivity contribution in [1.82, 2.24) is 15.0 Å². The first-order chi connectivity index (χ1) is 13.0. The van der Waals surface area contributed by atoms with E-state index in [4.69, 9.17) is 15.2 Å². The molecule has 3 aromatic rings. The highest BCUT2D eigenvalue weighted by molar-refractivity contribution is 5.62. The summed E-state index contributed by atoms with van der Waals surface area (Å²) in [6.07, 6.45) is 0. The minimum Gasteiger partial charge on any atom is -0.495 e. The lowest BCUT2D eigenvalue weighted by atomic mass is 10.3. The zero-order valence-electron chi connectivity index (χ0n) is 14.3. The molecule has 0 unspecified atom stereocenters. The topological polar surface area (TPSA) is 138 Å². The molecule has 3 rings (SSSR count). The van der Waals surface area contributed by atoms with Gasteiger partial charge in [0, 0.05) is 6.07 Å². The second kappa shape index (κ2) is 7.95. The van der Waals surface area contributed by atoms with Gasteiger partial charge in [0.05, 0.1) is 23.8 Å². The summed E-state index contributed by atoms with van der Waals surface area (Å²) in [5.74, 6) is 1.45. The third kappa shape index (κ3) is 4.57. The number of hydrogen-bond acceptors (Lipinski definition) is 9. The van der Waals surface area contributed by atoms with E-state index in [1.54, 1.807) is 25.3 Å². The number of aromatic nitrogens is 3. The van der Waals surface area contributed by atoms with Crippen LogP contribution in [0.5, 0.6) is 11.5 Å². The normalized spacial score (nSPS) is 10.3. The molecular weight excluding hydrogens is 352 g/mol. The van der Waals surface area contributed by atoms with Gasteiger partial charge < -0.3 is 20.5 Å². The number of hydrogen-bond donors (Lipinski definition) is 2. The number of nitro groups is 1. The number of nitrogens with one attached hydrogen (secondary N) is 1. The molecular formula is C17H16N6O4. The lowest BCUT2D eigenvalue weighted by Gasteiger charge is -2.11. The van der Waals surface area contributed by atoms with Gasteiger partial charge in [-0.25, -0.2) is 0 Å². The Bertz CT molecular complexity index is 966. The Hall–Kier alpha value is -3.95. The fraction of sp³-hybridized carbons (Fsp3) is 0.118. The highest BCUT2D eigenvalue weighted by Crippen LogP contribution is 2.26. The molecule has 0 aliphatic rings. The van der Waals surface area contributed by atoms with Crippen molar-refractivity contribution in [2.45, 2.75) is 6.61 Å². The molecule has 0 bridgehead atoms. The summed E-state index contributed by atoms with van der Waals surface area (Å²) in [7, 11) is 1.56. The van der Waals surface area contributed by atoms with E-state index in [-0.39, 0.29) is 30.0 Å². The van der Waals surface area contributed by atoms with Crippen LogP contribution in [0.25, 0.3) is 0 Å². The molecule has 0 amide bonds. The van der Waals surface area contributed by atoms with Crippen LogP contribution in [0.2, 0.25) is 0 Å². The standard InChI is InChI=1S/C17H16N6O4/c1-26-14-8-3-2-7-13(14)19-17-21-15(20-16(18)22-17)10-27-12-6-4-5-11(9-12)23(24)25/h2-9H,10H2,1H3,(H3,18,19,20,21,22). The summed E-state index contributed by atoms with van der Waals surface area (Å²) in [6, 6.07) is 13.1. The summed E-state index contributed by atoms with van der Waals surface area (Å²) in [4.78, 5) is 22.6. The minimum atomic E-state index is -0.497. The number of ether oxygens (including phenoxy) is 2. The minimum absolute atomic E-state index is 0.0139. The number of non-ortho nitro benzene ring substituents is 1. The molecule has 2 aromatic carbocycles. The van der Waals surface area contributed by atoms with E-state index in [2.05, 4.69) is 20.3 Å². The van der Waals surface area contributed by atoms with E-state index in [1.807, 2.05) is 12.1 Å². The van der Waals surface area contributed by atoms with Crippen molar-refractivity contribution in [3.8, 4) is 11.5 Å². The quantitative estimate of drug-likeness (QED) is 0.476. The largest absolute Gasteiger partial charge is 0.495 e. The van der Waals surface area contributed by atoms with Gasteiger partial charge in [-0.3, -0.25) is 10.1 Å². The molecule has 0 aliphatic carbocycles. The van der Waals surface area contributed by atoms with E-state index in [0.29, 0.717) is 17.2 Å². The number of benzene rings is 2. The SMILES string of the molecule is COc1ccccc1Nc1nc(N)nc(COc2cccc([N+](=O)[O-])c2)n1. The average molecular weight is 368 g/mol. The van der Waals surface area contributed by atoms with Crippen molar-refractivity contribution in [2.24, 2.45) is 0 Å². The van der Waals surface area contributed by atoms with Gasteiger partial charge >= 0.3 is 0 Å². The fourth-order valence-corrected chi connectivity index (χ4v) is 2.26. The van der Waals surface area contributed by atoms with Crippen LogP contribution in [0, 0.1) is 10.1 Å². The van der Waals surface area contributed by atoms with E-state index >= 15 is 0 Å². The smallest absolute Gasteiger partial charge is 0.273 e. The predicted octanol–water partition coefficient (Wildman–Crippen LogP) is 2.69. The van der Waals surface area contributed by atoms with Crippen LogP contribution in [0.4, 0.5) is 23.3 Å². The van der Waals surface area contributed by atoms with Crippen LogP contribution in [0.3, 0.4) is 0 Å². The number of para-hydroxylation sites is 2. The number of rotatable bonds is 7. The lowest BCUT2D eigenvalue weighted by molar-refractivity contribution is -0.384. The summed E-state index contributed by atoms with van der Waals surface area (Å²) >= 11 is 0. The Morgan fingerprint density at radius 3 is 2.74 bits per heavy atom. The molecule has 138 valence electrons. The summed E-state index contributed by atoms with van der Waals surface area (Å²) < 4.78 is 10.8. The summed E-state index contributed by atoms with van der Waals surface area (Å²) in [5.41, 5.74) is 6.33. The van der Waals surface area contributed by atoms with Crippen LogP contribution in [-0.4, -0.2) is 27.0 Å². The maximum Gasteiger partial charge on any atom is 0.273 e. The molecule has 0 saturated heterocycles. The van der Waals surface area contributed by atoms with Gasteiger partial charge in [-0.1, -0.05) is 18.2 Å². The number of nitrogen functional groups attached to an aromatic ring is 1. The van der Waals surface area contributed by atoms with Crippen molar-refractivity contribution < 1.29 is 14.4 Å². The van der Waals surface area contributed by atoms with Gasteiger partial charge in [-0.15, -0.1) is 0 Å². The first-order valence-corrected chi connectivity index (χ1v) is 7.83. The number of nitrogens with two attached hydrogens (primary N) is 1. The van der Waals surface area contributed by atoms with Crippen molar-refractivity contribution in [1.29, 1.82) is 0 Å². The lowest BCUT2D eigenvalue weighted by Crippen LogP contribution is -2.09. The van der Waals surface area contributed by atoms with Crippen LogP contribution in [0.15, 0.2) is 48.5 Å². The van der Waals surface area contributed by atoms with Crippen LogP contribution in [-0.2, 0) is 6.61 Å². The molecule has 27 heavy (non-hydrogen) atoms. The highest BCUT2D eigenvalue weighted by Gasteiger charge is 2.10. The number of nitrogens with zero attached hydrogens (tertiary/aromatic N) is 4. The van der Waals surface area contributed by atoms with Crippen molar-refractivity contribution in [3.05, 3.63) is 64.5 Å². The van der Waals surface area contributed by atoms with Gasteiger partial charge in [-0.2, -0.15) is 15.0 Å². The first-order valence-electron chi connectivity index (χ1n) is 7.83. The van der Waals surface area contributed by atoms with E-state index in [0.717, 1.165) is 0 Å². The number of anilines is 3. The molecule has 0 saturated carbocycles. The summed E-state index contributed by atoms with van der Waals surface area (Å²) in [5, 5.41) is 13.8. The summed E-state index contributed by atoms with van der Waals surface area (Å²) in [6.45, 7) is -0.0332. The molecule has 10 heteroatoms. The second-order valence-electron chi connectivity index (χ2n) is 5.30. The molecule has 1 heterocycles. The zero-order chi connectivity index (χ0) is 19.2. The Kier molecular flexibility index (Phi) is 5.26. The Balaban J connectivity index is 1.75. The number of nitro benzene ring substituents is 1. The molecule has 10 nitrogen and oxygen atoms in total. The van der Waals surface area contributed by atoms with E-state index < -0.39 is 4.92 Å². The van der Waals surface area contributed by atoms with Crippen molar-refractivity contribution >= 4 is 23.3 Å². The number of methoxy groups -OCH3 is 1. The van der Waals surface area contributed by atoms with Crippen molar-refractivity contribution in [2.75, 3.05) is 18.2 Å². The maximum atomic E-state index is 10.8. The Morgan fingerprint density at radius 2 is 1.96 bits per heavy atom. The monoisotopic (exact) mass is 368 g/mol. The molecule has 1 aromatic heterocycles. The molecule has 0 radical (unpaired) electrons. The predicted molar refractivity (Wildman–Crippen MR) is 97.9 cm³/mol. The van der Waals surface area contributed by atoms with E-state index in [1.165, 1.54) is 18.2 Å². The zero-order valence-corrected chi connectivity index (χ0v) is 14.3. The molecule has 0 aliphatic heterocycles. The maximum absolute atomic E-state index is 10.8. The van der Waals surface area contributed by atoms with Crippen LogP contribution in [0.1, 0.15) is 5.82 Å². The fourth-order valence-electron chi connectivity index (χ4n) is 2.26. The van der Waals surface area contributed by atoms with Crippen molar-refractivity contribution in [3.63, 3.8) is 0 Å². The third-order valence-corrected chi connectivity index (χ3v) is 3.45.